The highest BCUT2D eigenvalue weighted by atomic mass is 19.4. The van der Waals surface area contributed by atoms with Crippen molar-refractivity contribution in [2.75, 3.05) is 0 Å². The van der Waals surface area contributed by atoms with Crippen LogP contribution in [0.15, 0.2) is 24.3 Å². The molecule has 0 bridgehead atoms. The lowest BCUT2D eigenvalue weighted by atomic mass is 9.76. The largest absolute Gasteiger partial charge is 0.439 e. The topological polar surface area (TPSA) is 69.1 Å². The van der Waals surface area contributed by atoms with E-state index in [9.17, 15) is 35.5 Å². The van der Waals surface area contributed by atoms with Crippen molar-refractivity contribution in [2.24, 2.45) is 11.5 Å². The molecule has 10 heteroatoms. The third-order valence-corrected chi connectivity index (χ3v) is 2.84. The van der Waals surface area contributed by atoms with Crippen molar-refractivity contribution >= 4 is 5.78 Å². The molecule has 0 amide bonds. The van der Waals surface area contributed by atoms with E-state index in [-0.39, 0.29) is 0 Å². The monoisotopic (exact) mass is 306 g/mol. The zero-order chi connectivity index (χ0) is 16.0. The summed E-state index contributed by atoms with van der Waals surface area (Å²) in [6, 6.07) is -1.72. The average Bonchev–Trinajstić information content (AvgIpc) is 2.28. The maximum absolute atomic E-state index is 13.6. The third kappa shape index (κ3) is 2.22. The van der Waals surface area contributed by atoms with Crippen LogP contribution >= 0.6 is 0 Å². The van der Waals surface area contributed by atoms with Crippen molar-refractivity contribution in [1.82, 2.24) is 0 Å². The number of carbonyl (C=O) groups excluding carboxylic acids is 1. The number of allylic oxidation sites excluding steroid dienone is 2. The Bertz CT molecular complexity index is 451. The van der Waals surface area contributed by atoms with Gasteiger partial charge in [-0.2, -0.15) is 26.3 Å². The molecule has 2 atom stereocenters. The normalized spacial score (nSPS) is 27.8. The molecule has 0 aromatic carbocycles. The van der Waals surface area contributed by atoms with Gasteiger partial charge in [-0.1, -0.05) is 24.3 Å². The van der Waals surface area contributed by atoms with Crippen LogP contribution in [0.25, 0.3) is 0 Å². The smallest absolute Gasteiger partial charge is 0.322 e. The summed E-state index contributed by atoms with van der Waals surface area (Å²) in [5, 5.41) is 0. The van der Waals surface area contributed by atoms with Gasteiger partial charge in [-0.3, -0.25) is 4.79 Å². The van der Waals surface area contributed by atoms with Crippen molar-refractivity contribution in [3.8, 4) is 0 Å². The predicted octanol–water partition coefficient (Wildman–Crippen LogP) is 1.54. The second-order valence-corrected chi connectivity index (χ2v) is 4.19. The van der Waals surface area contributed by atoms with Gasteiger partial charge in [0.25, 0.3) is 0 Å². The minimum absolute atomic E-state index is 0.506. The van der Waals surface area contributed by atoms with Crippen LogP contribution in [-0.4, -0.2) is 35.4 Å². The molecule has 1 aliphatic rings. The third-order valence-electron chi connectivity index (χ3n) is 2.84. The van der Waals surface area contributed by atoms with E-state index in [2.05, 4.69) is 0 Å². The number of ketones is 1. The second kappa shape index (κ2) is 4.55. The highest BCUT2D eigenvalue weighted by Gasteiger charge is 2.79. The first-order valence-corrected chi connectivity index (χ1v) is 5.06. The molecule has 0 saturated heterocycles. The molecule has 3 nitrogen and oxygen atoms in total. The molecule has 1 aliphatic carbocycles. The Morgan fingerprint density at radius 2 is 1.45 bits per heavy atom. The highest BCUT2D eigenvalue weighted by molar-refractivity contribution is 6.00. The number of halogens is 7. The van der Waals surface area contributed by atoms with Crippen LogP contribution in [0.3, 0.4) is 0 Å². The van der Waals surface area contributed by atoms with Crippen molar-refractivity contribution in [3.05, 3.63) is 24.3 Å². The molecule has 0 spiro atoms. The number of carbonyl (C=O) groups is 1. The van der Waals surface area contributed by atoms with Crippen molar-refractivity contribution < 1.29 is 35.5 Å². The van der Waals surface area contributed by atoms with E-state index in [1.54, 1.807) is 0 Å². The Morgan fingerprint density at radius 1 is 1.00 bits per heavy atom. The van der Waals surface area contributed by atoms with Gasteiger partial charge in [0.2, 0.25) is 5.78 Å². The van der Waals surface area contributed by atoms with E-state index in [0.29, 0.717) is 6.08 Å². The fourth-order valence-corrected chi connectivity index (χ4v) is 1.61. The summed E-state index contributed by atoms with van der Waals surface area (Å²) in [6.45, 7) is 0. The molecule has 1 rings (SSSR count). The average molecular weight is 306 g/mol. The van der Waals surface area contributed by atoms with E-state index in [1.165, 1.54) is 0 Å². The van der Waals surface area contributed by atoms with Crippen LogP contribution < -0.4 is 11.5 Å². The van der Waals surface area contributed by atoms with Crippen LogP contribution in [-0.2, 0) is 4.79 Å². The Kier molecular flexibility index (Phi) is 3.79. The highest BCUT2D eigenvalue weighted by Crippen LogP contribution is 2.48. The summed E-state index contributed by atoms with van der Waals surface area (Å²) in [7, 11) is 0. The van der Waals surface area contributed by atoms with Gasteiger partial charge in [0.1, 0.15) is 5.54 Å². The zero-order valence-electron chi connectivity index (χ0n) is 9.60. The SMILES string of the molecule is NC1C=CC=CC1(N)C(=O)C(F)(C(F)(F)F)C(F)(F)F. The summed E-state index contributed by atoms with van der Waals surface area (Å²) in [6.07, 6.45) is -9.55. The Hall–Kier alpha value is -1.42. The molecule has 0 heterocycles. The van der Waals surface area contributed by atoms with Gasteiger partial charge in [0.05, 0.1) is 6.04 Å². The fourth-order valence-electron chi connectivity index (χ4n) is 1.61. The summed E-state index contributed by atoms with van der Waals surface area (Å²) in [5.41, 5.74) is 1.34. The van der Waals surface area contributed by atoms with Gasteiger partial charge in [-0.15, -0.1) is 0 Å². The zero-order valence-corrected chi connectivity index (χ0v) is 9.60. The van der Waals surface area contributed by atoms with E-state index in [4.69, 9.17) is 11.5 Å². The van der Waals surface area contributed by atoms with Gasteiger partial charge >= 0.3 is 18.0 Å². The van der Waals surface area contributed by atoms with E-state index in [1.807, 2.05) is 0 Å². The molecule has 0 aliphatic heterocycles. The number of hydrogen-bond donors (Lipinski definition) is 2. The fraction of sp³-hybridized carbons (Fsp3) is 0.500. The number of hydrogen-bond acceptors (Lipinski definition) is 3. The van der Waals surface area contributed by atoms with Crippen molar-refractivity contribution in [3.63, 3.8) is 0 Å². The van der Waals surface area contributed by atoms with Crippen LogP contribution in [0.4, 0.5) is 30.7 Å². The van der Waals surface area contributed by atoms with E-state index < -0.39 is 35.4 Å². The Labute approximate surface area is 108 Å². The molecule has 0 aromatic rings. The first-order valence-electron chi connectivity index (χ1n) is 5.06. The van der Waals surface area contributed by atoms with Gasteiger partial charge in [-0.25, -0.2) is 4.39 Å². The van der Waals surface area contributed by atoms with Crippen molar-refractivity contribution in [2.45, 2.75) is 29.6 Å². The molecular weight excluding hydrogens is 297 g/mol. The Balaban J connectivity index is 3.42. The van der Waals surface area contributed by atoms with Crippen molar-refractivity contribution in [1.29, 1.82) is 0 Å². The van der Waals surface area contributed by atoms with Crippen LogP contribution in [0, 0.1) is 0 Å². The molecule has 0 fully saturated rings. The number of nitrogens with two attached hydrogens (primary N) is 2. The molecular formula is C10H9F7N2O. The standard InChI is InChI=1S/C10H9F7N2O/c11-8(9(12,13)14,10(15,16)17)6(20)7(19)4-2-1-3-5(7)18/h1-5H,18-19H2. The lowest BCUT2D eigenvalue weighted by molar-refractivity contribution is -0.326. The van der Waals surface area contributed by atoms with Gasteiger partial charge < -0.3 is 11.5 Å². The second-order valence-electron chi connectivity index (χ2n) is 4.19. The summed E-state index contributed by atoms with van der Waals surface area (Å²) in [5.74, 6) is -2.90. The summed E-state index contributed by atoms with van der Waals surface area (Å²) >= 11 is 0. The van der Waals surface area contributed by atoms with Crippen LogP contribution in [0.2, 0.25) is 0 Å². The van der Waals surface area contributed by atoms with Crippen LogP contribution in [0.5, 0.6) is 0 Å². The number of Topliss-reactive ketones (excluding diaryl/α,β-unsaturated/α-hetero) is 1. The molecule has 0 radical (unpaired) electrons. The predicted molar refractivity (Wildman–Crippen MR) is 54.1 cm³/mol. The molecule has 114 valence electrons. The molecule has 0 saturated carbocycles. The maximum Gasteiger partial charge on any atom is 0.439 e. The van der Waals surface area contributed by atoms with Crippen LogP contribution in [0.1, 0.15) is 0 Å². The van der Waals surface area contributed by atoms with Gasteiger partial charge in [0, 0.05) is 0 Å². The quantitative estimate of drug-likeness (QED) is 0.760. The first kappa shape index (κ1) is 16.6. The molecule has 0 aromatic heterocycles. The van der Waals surface area contributed by atoms with Gasteiger partial charge in [-0.05, 0) is 0 Å². The molecule has 20 heavy (non-hydrogen) atoms. The lowest BCUT2D eigenvalue weighted by Crippen LogP contribution is -2.71. The van der Waals surface area contributed by atoms with Gasteiger partial charge in [0.15, 0.2) is 0 Å². The Morgan fingerprint density at radius 3 is 1.80 bits per heavy atom. The first-order chi connectivity index (χ1) is 8.78. The number of rotatable bonds is 2. The minimum atomic E-state index is -6.51. The molecule has 4 N–H and O–H groups in total. The minimum Gasteiger partial charge on any atom is -0.322 e. The maximum atomic E-state index is 13.6. The number of alkyl halides is 7. The lowest BCUT2D eigenvalue weighted by Gasteiger charge is -2.38. The van der Waals surface area contributed by atoms with E-state index >= 15 is 0 Å². The molecule has 2 unspecified atom stereocenters. The summed E-state index contributed by atoms with van der Waals surface area (Å²) in [4.78, 5) is 11.5. The summed E-state index contributed by atoms with van der Waals surface area (Å²) < 4.78 is 88.3. The van der Waals surface area contributed by atoms with E-state index in [0.717, 1.165) is 18.2 Å².